The number of carbonyl (C=O) groups excluding carboxylic acids is 1. The van der Waals surface area contributed by atoms with Crippen molar-refractivity contribution in [3.63, 3.8) is 0 Å². The predicted octanol–water partition coefficient (Wildman–Crippen LogP) is 5.36. The SMILES string of the molecule is Cc1nnc(SCCCC2(C(=O)NCC(F)(F)F)c3ccccc3-c3ccccc32)s1. The minimum absolute atomic E-state index is 0.398. The van der Waals surface area contributed by atoms with Gasteiger partial charge in [0.1, 0.15) is 17.0 Å². The lowest BCUT2D eigenvalue weighted by molar-refractivity contribution is -0.141. The molecule has 1 aliphatic carbocycles. The highest BCUT2D eigenvalue weighted by Gasteiger charge is 2.49. The minimum Gasteiger partial charge on any atom is -0.346 e. The Morgan fingerprint density at radius 1 is 1.06 bits per heavy atom. The van der Waals surface area contributed by atoms with Gasteiger partial charge in [-0.05, 0) is 42.0 Å². The third-order valence-corrected chi connectivity index (χ3v) is 7.39. The number of nitrogens with one attached hydrogen (secondary N) is 1. The van der Waals surface area contributed by atoms with E-state index in [-0.39, 0.29) is 0 Å². The summed E-state index contributed by atoms with van der Waals surface area (Å²) in [5, 5.41) is 11.1. The molecule has 3 aromatic rings. The number of hydrogen-bond acceptors (Lipinski definition) is 5. The minimum atomic E-state index is -4.47. The number of benzene rings is 2. The molecule has 162 valence electrons. The van der Waals surface area contributed by atoms with Crippen molar-refractivity contribution in [1.29, 1.82) is 0 Å². The first-order valence-corrected chi connectivity index (χ1v) is 11.6. The number of aromatic nitrogens is 2. The quantitative estimate of drug-likeness (QED) is 0.378. The van der Waals surface area contributed by atoms with Gasteiger partial charge in [0.05, 0.1) is 0 Å². The van der Waals surface area contributed by atoms with Gasteiger partial charge in [-0.15, -0.1) is 10.2 Å². The van der Waals surface area contributed by atoms with Gasteiger partial charge in [-0.2, -0.15) is 13.2 Å². The molecule has 31 heavy (non-hydrogen) atoms. The molecule has 9 heteroatoms. The Hall–Kier alpha value is -2.39. The molecule has 1 N–H and O–H groups in total. The lowest BCUT2D eigenvalue weighted by Crippen LogP contribution is -2.47. The van der Waals surface area contributed by atoms with Crippen LogP contribution in [0.1, 0.15) is 29.0 Å². The molecule has 0 atom stereocenters. The summed E-state index contributed by atoms with van der Waals surface area (Å²) in [7, 11) is 0. The third-order valence-electron chi connectivity index (χ3n) is 5.33. The fourth-order valence-corrected chi connectivity index (χ4v) is 5.94. The second kappa shape index (κ2) is 8.63. The number of carbonyl (C=O) groups is 1. The molecule has 0 spiro atoms. The zero-order valence-electron chi connectivity index (χ0n) is 16.7. The molecule has 0 unspecified atom stereocenters. The van der Waals surface area contributed by atoms with Gasteiger partial charge in [-0.1, -0.05) is 71.6 Å². The van der Waals surface area contributed by atoms with Crippen molar-refractivity contribution in [3.8, 4) is 11.1 Å². The van der Waals surface area contributed by atoms with Gasteiger partial charge >= 0.3 is 6.18 Å². The summed E-state index contributed by atoms with van der Waals surface area (Å²) in [6, 6.07) is 15.0. The fraction of sp³-hybridized carbons (Fsp3) is 0.318. The number of amides is 1. The highest BCUT2D eigenvalue weighted by atomic mass is 32.2. The molecule has 1 amide bonds. The van der Waals surface area contributed by atoms with Crippen molar-refractivity contribution in [2.75, 3.05) is 12.3 Å². The Labute approximate surface area is 186 Å². The fourth-order valence-electron chi connectivity index (χ4n) is 4.12. The Balaban J connectivity index is 1.65. The summed E-state index contributed by atoms with van der Waals surface area (Å²) in [5.74, 6) is 0.0757. The molecule has 1 heterocycles. The summed E-state index contributed by atoms with van der Waals surface area (Å²) >= 11 is 3.05. The second-order valence-corrected chi connectivity index (χ2v) is 9.86. The lowest BCUT2D eigenvalue weighted by Gasteiger charge is -2.31. The Morgan fingerprint density at radius 2 is 1.68 bits per heavy atom. The molecule has 4 rings (SSSR count). The van der Waals surface area contributed by atoms with Crippen LogP contribution < -0.4 is 5.32 Å². The van der Waals surface area contributed by atoms with Crippen LogP contribution in [0.3, 0.4) is 0 Å². The summed E-state index contributed by atoms with van der Waals surface area (Å²) < 4.78 is 39.5. The van der Waals surface area contributed by atoms with Crippen LogP contribution in [-0.4, -0.2) is 34.6 Å². The zero-order valence-corrected chi connectivity index (χ0v) is 18.3. The van der Waals surface area contributed by atoms with E-state index < -0.39 is 24.0 Å². The number of aryl methyl sites for hydroxylation is 1. The van der Waals surface area contributed by atoms with Crippen molar-refractivity contribution >= 4 is 29.0 Å². The smallest absolute Gasteiger partial charge is 0.346 e. The summed E-state index contributed by atoms with van der Waals surface area (Å²) in [5.41, 5.74) is 2.15. The van der Waals surface area contributed by atoms with Crippen molar-refractivity contribution in [1.82, 2.24) is 15.5 Å². The number of alkyl halides is 3. The van der Waals surface area contributed by atoms with Crippen molar-refractivity contribution < 1.29 is 18.0 Å². The first-order chi connectivity index (χ1) is 14.8. The molecule has 0 radical (unpaired) electrons. The van der Waals surface area contributed by atoms with Crippen LogP contribution in [0.2, 0.25) is 0 Å². The van der Waals surface area contributed by atoms with E-state index in [1.807, 2.05) is 55.5 Å². The number of halogens is 3. The van der Waals surface area contributed by atoms with E-state index in [0.717, 1.165) is 31.6 Å². The molecule has 1 aromatic heterocycles. The average molecular weight is 464 g/mol. The van der Waals surface area contributed by atoms with Crippen molar-refractivity contribution in [2.45, 2.75) is 35.7 Å². The number of thioether (sulfide) groups is 1. The Bertz CT molecular complexity index is 1050. The topological polar surface area (TPSA) is 54.9 Å². The molecule has 0 fully saturated rings. The van der Waals surface area contributed by atoms with Crippen LogP contribution in [0.15, 0.2) is 52.9 Å². The summed E-state index contributed by atoms with van der Waals surface area (Å²) in [6.45, 7) is 0.533. The number of fused-ring (bicyclic) bond motifs is 3. The van der Waals surface area contributed by atoms with E-state index >= 15 is 0 Å². The van der Waals surface area contributed by atoms with E-state index in [4.69, 9.17) is 0 Å². The monoisotopic (exact) mass is 463 g/mol. The highest BCUT2D eigenvalue weighted by molar-refractivity contribution is 8.01. The second-order valence-electron chi connectivity index (χ2n) is 7.33. The number of rotatable bonds is 7. The van der Waals surface area contributed by atoms with Gasteiger partial charge in [0, 0.05) is 5.75 Å². The summed E-state index contributed by atoms with van der Waals surface area (Å²) in [4.78, 5) is 13.4. The normalized spacial score (nSPS) is 14.2. The molecule has 0 aliphatic heterocycles. The van der Waals surface area contributed by atoms with Gasteiger partial charge in [-0.3, -0.25) is 4.79 Å². The van der Waals surface area contributed by atoms with E-state index in [9.17, 15) is 18.0 Å². The van der Waals surface area contributed by atoms with Crippen molar-refractivity contribution in [2.24, 2.45) is 0 Å². The highest BCUT2D eigenvalue weighted by Crippen LogP contribution is 2.51. The molecule has 0 saturated carbocycles. The maximum absolute atomic E-state index is 13.4. The van der Waals surface area contributed by atoms with Gasteiger partial charge in [0.2, 0.25) is 5.91 Å². The Kier molecular flexibility index (Phi) is 6.07. The average Bonchev–Trinajstić information content (AvgIpc) is 3.29. The number of hydrogen-bond donors (Lipinski definition) is 1. The number of nitrogens with zero attached hydrogens (tertiary/aromatic N) is 2. The van der Waals surface area contributed by atoms with E-state index in [0.29, 0.717) is 18.6 Å². The van der Waals surface area contributed by atoms with Crippen LogP contribution in [-0.2, 0) is 10.2 Å². The molecule has 4 nitrogen and oxygen atoms in total. The maximum atomic E-state index is 13.4. The van der Waals surface area contributed by atoms with Gasteiger partial charge < -0.3 is 5.32 Å². The van der Waals surface area contributed by atoms with Crippen LogP contribution in [0, 0.1) is 6.92 Å². The summed E-state index contributed by atoms with van der Waals surface area (Å²) in [6.07, 6.45) is -3.44. The van der Waals surface area contributed by atoms with E-state index in [2.05, 4.69) is 15.5 Å². The van der Waals surface area contributed by atoms with Crippen LogP contribution >= 0.6 is 23.1 Å². The van der Waals surface area contributed by atoms with Gasteiger partial charge in [0.25, 0.3) is 0 Å². The predicted molar refractivity (Wildman–Crippen MR) is 116 cm³/mol. The molecule has 0 bridgehead atoms. The van der Waals surface area contributed by atoms with Gasteiger partial charge in [-0.25, -0.2) is 0 Å². The van der Waals surface area contributed by atoms with Crippen molar-refractivity contribution in [3.05, 3.63) is 64.7 Å². The Morgan fingerprint density at radius 3 is 2.23 bits per heavy atom. The van der Waals surface area contributed by atoms with E-state index in [1.54, 1.807) is 11.8 Å². The van der Waals surface area contributed by atoms with Gasteiger partial charge in [0.15, 0.2) is 4.34 Å². The molecule has 2 aromatic carbocycles. The van der Waals surface area contributed by atoms with E-state index in [1.165, 1.54) is 11.3 Å². The van der Waals surface area contributed by atoms with Crippen LogP contribution in [0.25, 0.3) is 11.1 Å². The molecule has 0 saturated heterocycles. The maximum Gasteiger partial charge on any atom is 0.405 e. The first kappa shape index (κ1) is 21.8. The van der Waals surface area contributed by atoms with Crippen LogP contribution in [0.5, 0.6) is 0 Å². The lowest BCUT2D eigenvalue weighted by atomic mass is 9.73. The first-order valence-electron chi connectivity index (χ1n) is 9.78. The molecule has 1 aliphatic rings. The van der Waals surface area contributed by atoms with Crippen LogP contribution in [0.4, 0.5) is 13.2 Å². The third kappa shape index (κ3) is 4.34. The largest absolute Gasteiger partial charge is 0.405 e. The standard InChI is InChI=1S/C22H20F3N3OS2/c1-14-27-28-20(31-14)30-12-6-11-21(19(29)26-13-22(23,24)25)17-9-4-2-7-15(17)16-8-3-5-10-18(16)21/h2-5,7-10H,6,11-13H2,1H3,(H,26,29). The zero-order chi connectivity index (χ0) is 22.1. The molecular formula is C22H20F3N3OS2. The molecular weight excluding hydrogens is 443 g/mol.